The minimum atomic E-state index is -3.46. The van der Waals surface area contributed by atoms with Crippen molar-refractivity contribution >= 4 is 16.2 Å². The van der Waals surface area contributed by atoms with Crippen molar-refractivity contribution in [1.82, 2.24) is 0 Å². The molecule has 0 bridgehead atoms. The largest absolute Gasteiger partial charge is 0.257 e. The van der Waals surface area contributed by atoms with Crippen LogP contribution in [0.15, 0.2) is 65.1 Å². The van der Waals surface area contributed by atoms with Crippen LogP contribution in [0.4, 0.5) is 0 Å². The van der Waals surface area contributed by atoms with Gasteiger partial charge >= 0.3 is 0 Å². The fourth-order valence-electron chi connectivity index (χ4n) is 1.50. The van der Waals surface area contributed by atoms with Crippen molar-refractivity contribution in [3.8, 4) is 0 Å². The van der Waals surface area contributed by atoms with Gasteiger partial charge in [0.15, 0.2) is 0 Å². The number of nitrogens with zero attached hydrogens (tertiary/aromatic N) is 1. The summed E-state index contributed by atoms with van der Waals surface area (Å²) in [5.74, 6) is -0.0722. The third-order valence-corrected chi connectivity index (χ3v) is 3.48. The topological polar surface area (TPSA) is 46.5 Å². The zero-order valence-corrected chi connectivity index (χ0v) is 10.5. The van der Waals surface area contributed by atoms with Crippen LogP contribution in [-0.2, 0) is 15.8 Å². The zero-order valence-electron chi connectivity index (χ0n) is 9.73. The molecule has 0 aliphatic heterocycles. The van der Waals surface area contributed by atoms with Gasteiger partial charge in [-0.1, -0.05) is 60.7 Å². The number of benzene rings is 2. The summed E-state index contributed by atoms with van der Waals surface area (Å²) in [5, 5.41) is 0. The summed E-state index contributed by atoms with van der Waals surface area (Å²) in [7, 11) is -3.46. The molecule has 0 fully saturated rings. The van der Waals surface area contributed by atoms with Crippen LogP contribution in [0, 0.1) is 0 Å². The van der Waals surface area contributed by atoms with Crippen molar-refractivity contribution in [3.05, 3.63) is 71.8 Å². The van der Waals surface area contributed by atoms with E-state index in [4.69, 9.17) is 0 Å². The Balaban J connectivity index is 2.11. The van der Waals surface area contributed by atoms with Crippen molar-refractivity contribution in [2.45, 2.75) is 5.75 Å². The Morgan fingerprint density at radius 3 is 2.06 bits per heavy atom. The van der Waals surface area contributed by atoms with E-state index in [9.17, 15) is 8.42 Å². The number of hydrogen-bond acceptors (Lipinski definition) is 2. The van der Waals surface area contributed by atoms with E-state index in [0.29, 0.717) is 0 Å². The van der Waals surface area contributed by atoms with Crippen LogP contribution in [0.1, 0.15) is 11.1 Å². The van der Waals surface area contributed by atoms with E-state index in [0.717, 1.165) is 11.1 Å². The molecule has 0 atom stereocenters. The zero-order chi connectivity index (χ0) is 12.8. The quantitative estimate of drug-likeness (QED) is 0.792. The fourth-order valence-corrected chi connectivity index (χ4v) is 2.47. The van der Waals surface area contributed by atoms with Gasteiger partial charge in [-0.25, -0.2) is 8.42 Å². The van der Waals surface area contributed by atoms with E-state index in [2.05, 4.69) is 4.40 Å². The Hall–Kier alpha value is -1.94. The average Bonchev–Trinajstić information content (AvgIpc) is 2.38. The molecule has 0 heterocycles. The van der Waals surface area contributed by atoms with E-state index in [-0.39, 0.29) is 5.75 Å². The van der Waals surface area contributed by atoms with Crippen molar-refractivity contribution in [1.29, 1.82) is 0 Å². The normalized spacial score (nSPS) is 11.8. The van der Waals surface area contributed by atoms with Gasteiger partial charge in [0.2, 0.25) is 0 Å². The van der Waals surface area contributed by atoms with Gasteiger partial charge in [-0.3, -0.25) is 0 Å². The van der Waals surface area contributed by atoms with Crippen molar-refractivity contribution in [3.63, 3.8) is 0 Å². The average molecular weight is 259 g/mol. The van der Waals surface area contributed by atoms with Crippen molar-refractivity contribution in [2.24, 2.45) is 4.40 Å². The van der Waals surface area contributed by atoms with Crippen LogP contribution in [0.3, 0.4) is 0 Å². The molecule has 2 rings (SSSR count). The summed E-state index contributed by atoms with van der Waals surface area (Å²) in [6.45, 7) is 0. The lowest BCUT2D eigenvalue weighted by atomic mass is 10.2. The van der Waals surface area contributed by atoms with Crippen LogP contribution >= 0.6 is 0 Å². The Morgan fingerprint density at radius 2 is 1.44 bits per heavy atom. The van der Waals surface area contributed by atoms with Gasteiger partial charge in [-0.2, -0.15) is 4.40 Å². The SMILES string of the molecule is O=S(=O)(Cc1ccccc1)/N=C\c1ccccc1. The molecule has 0 N–H and O–H groups in total. The minimum Gasteiger partial charge on any atom is -0.204 e. The summed E-state index contributed by atoms with van der Waals surface area (Å²) >= 11 is 0. The third kappa shape index (κ3) is 3.82. The standard InChI is InChI=1S/C14H13NO2S/c16-18(17,12-14-9-5-2-6-10-14)15-11-13-7-3-1-4-8-13/h1-11H,12H2/b15-11-. The van der Waals surface area contributed by atoms with Crippen LogP contribution in [0.25, 0.3) is 0 Å². The number of rotatable bonds is 4. The molecule has 18 heavy (non-hydrogen) atoms. The van der Waals surface area contributed by atoms with E-state index in [1.807, 2.05) is 48.5 Å². The molecule has 3 nitrogen and oxygen atoms in total. The smallest absolute Gasteiger partial charge is 0.204 e. The summed E-state index contributed by atoms with van der Waals surface area (Å²) in [6.07, 6.45) is 1.37. The maximum absolute atomic E-state index is 11.8. The monoisotopic (exact) mass is 259 g/mol. The van der Waals surface area contributed by atoms with Crippen LogP contribution in [-0.4, -0.2) is 14.6 Å². The molecule has 92 valence electrons. The molecule has 4 heteroatoms. The molecule has 0 amide bonds. The van der Waals surface area contributed by atoms with Gasteiger partial charge in [0.1, 0.15) is 0 Å². The van der Waals surface area contributed by atoms with Gasteiger partial charge < -0.3 is 0 Å². The maximum atomic E-state index is 11.8. The highest BCUT2D eigenvalue weighted by atomic mass is 32.2. The molecular weight excluding hydrogens is 246 g/mol. The highest BCUT2D eigenvalue weighted by Gasteiger charge is 2.08. The molecule has 0 aliphatic carbocycles. The summed E-state index contributed by atoms with van der Waals surface area (Å²) in [4.78, 5) is 0. The van der Waals surface area contributed by atoms with Gasteiger partial charge in [-0.15, -0.1) is 0 Å². The first kappa shape index (κ1) is 12.5. The van der Waals surface area contributed by atoms with Crippen LogP contribution in [0.5, 0.6) is 0 Å². The van der Waals surface area contributed by atoms with E-state index in [1.165, 1.54) is 6.21 Å². The van der Waals surface area contributed by atoms with Crippen molar-refractivity contribution in [2.75, 3.05) is 0 Å². The molecule has 0 saturated carbocycles. The highest BCUT2D eigenvalue weighted by Crippen LogP contribution is 2.07. The first-order chi connectivity index (χ1) is 8.66. The fraction of sp³-hybridized carbons (Fsp3) is 0.0714. The molecule has 0 aromatic heterocycles. The molecule has 2 aromatic carbocycles. The minimum absolute atomic E-state index is 0.0722. The Kier molecular flexibility index (Phi) is 3.89. The number of sulfonamides is 1. The second-order valence-corrected chi connectivity index (χ2v) is 5.52. The van der Waals surface area contributed by atoms with E-state index < -0.39 is 10.0 Å². The van der Waals surface area contributed by atoms with Gasteiger partial charge in [0, 0.05) is 6.21 Å². The van der Waals surface area contributed by atoms with E-state index in [1.54, 1.807) is 12.1 Å². The Labute approximate surface area is 107 Å². The first-order valence-corrected chi connectivity index (χ1v) is 7.14. The lowest BCUT2D eigenvalue weighted by molar-refractivity contribution is 0.597. The Morgan fingerprint density at radius 1 is 0.889 bits per heavy atom. The maximum Gasteiger partial charge on any atom is 0.257 e. The van der Waals surface area contributed by atoms with Crippen LogP contribution in [0.2, 0.25) is 0 Å². The predicted molar refractivity (Wildman–Crippen MR) is 73.1 cm³/mol. The second-order valence-electron chi connectivity index (χ2n) is 3.86. The van der Waals surface area contributed by atoms with Gasteiger partial charge in [0.25, 0.3) is 10.0 Å². The summed E-state index contributed by atoms with van der Waals surface area (Å²) in [5.41, 5.74) is 1.51. The molecule has 0 radical (unpaired) electrons. The molecule has 0 spiro atoms. The molecular formula is C14H13NO2S. The van der Waals surface area contributed by atoms with Gasteiger partial charge in [0.05, 0.1) is 5.75 Å². The first-order valence-electron chi connectivity index (χ1n) is 5.53. The molecule has 0 unspecified atom stereocenters. The summed E-state index contributed by atoms with van der Waals surface area (Å²) in [6, 6.07) is 18.2. The second kappa shape index (κ2) is 5.60. The highest BCUT2D eigenvalue weighted by molar-refractivity contribution is 7.89. The lowest BCUT2D eigenvalue weighted by Crippen LogP contribution is -2.01. The van der Waals surface area contributed by atoms with Crippen molar-refractivity contribution < 1.29 is 8.42 Å². The van der Waals surface area contributed by atoms with Crippen LogP contribution < -0.4 is 0 Å². The Bertz CT molecular complexity index is 619. The third-order valence-electron chi connectivity index (χ3n) is 2.35. The molecule has 2 aromatic rings. The number of hydrogen-bond donors (Lipinski definition) is 0. The summed E-state index contributed by atoms with van der Waals surface area (Å²) < 4.78 is 27.2. The predicted octanol–water partition coefficient (Wildman–Crippen LogP) is 2.64. The molecule has 0 aliphatic rings. The van der Waals surface area contributed by atoms with E-state index >= 15 is 0 Å². The van der Waals surface area contributed by atoms with Gasteiger partial charge in [-0.05, 0) is 11.1 Å². The molecule has 0 saturated heterocycles. The lowest BCUT2D eigenvalue weighted by Gasteiger charge is -1.98.